The maximum Gasteiger partial charge on any atom is 0.319 e. The molecular weight excluding hydrogens is 434 g/mol. The van der Waals surface area contributed by atoms with Crippen molar-refractivity contribution in [2.24, 2.45) is 11.8 Å². The summed E-state index contributed by atoms with van der Waals surface area (Å²) in [5.74, 6) is -4.62. The van der Waals surface area contributed by atoms with Crippen LogP contribution in [0.25, 0.3) is 0 Å². The van der Waals surface area contributed by atoms with Gasteiger partial charge in [-0.15, -0.1) is 0 Å². The Labute approximate surface area is 194 Å². The van der Waals surface area contributed by atoms with Crippen molar-refractivity contribution in [2.75, 3.05) is 4.90 Å². The van der Waals surface area contributed by atoms with Crippen LogP contribution in [-0.4, -0.2) is 28.9 Å². The predicted octanol–water partition coefficient (Wildman–Crippen LogP) is 3.25. The van der Waals surface area contributed by atoms with E-state index in [-0.39, 0.29) is 5.75 Å². The Kier molecular flexibility index (Phi) is 4.11. The molecule has 1 aliphatic heterocycles. The Morgan fingerprint density at radius 1 is 0.853 bits per heavy atom. The van der Waals surface area contributed by atoms with Crippen LogP contribution in [0.2, 0.25) is 0 Å². The zero-order chi connectivity index (χ0) is 23.8. The van der Waals surface area contributed by atoms with E-state index in [1.165, 1.54) is 31.2 Å². The van der Waals surface area contributed by atoms with Crippen molar-refractivity contribution >= 4 is 29.4 Å². The first-order valence-electron chi connectivity index (χ1n) is 11.0. The fourth-order valence-corrected chi connectivity index (χ4v) is 6.22. The number of anilines is 1. The van der Waals surface area contributed by atoms with Gasteiger partial charge in [0, 0.05) is 12.8 Å². The summed E-state index contributed by atoms with van der Waals surface area (Å²) in [6.45, 7) is 1.28. The number of carbonyl (C=O) groups excluding carboxylic acids is 3. The molecule has 3 aromatic carbocycles. The molecule has 0 aromatic heterocycles. The normalized spacial score (nSPS) is 26.0. The van der Waals surface area contributed by atoms with Crippen molar-refractivity contribution < 1.29 is 29.0 Å². The van der Waals surface area contributed by atoms with Crippen LogP contribution in [0.5, 0.6) is 5.75 Å². The van der Waals surface area contributed by atoms with Gasteiger partial charge in [0.15, 0.2) is 0 Å². The van der Waals surface area contributed by atoms with Crippen LogP contribution in [-0.2, 0) is 24.6 Å². The van der Waals surface area contributed by atoms with Crippen LogP contribution in [0.3, 0.4) is 0 Å². The van der Waals surface area contributed by atoms with Crippen LogP contribution in [0.4, 0.5) is 5.69 Å². The highest BCUT2D eigenvalue weighted by Crippen LogP contribution is 2.64. The van der Waals surface area contributed by atoms with Gasteiger partial charge in [0.25, 0.3) is 0 Å². The summed E-state index contributed by atoms with van der Waals surface area (Å²) in [6.07, 6.45) is 0. The maximum atomic E-state index is 13.9. The molecule has 2 bridgehead atoms. The largest absolute Gasteiger partial charge is 0.480 e. The molecule has 1 heterocycles. The minimum absolute atomic E-state index is 0.287. The fourth-order valence-electron chi connectivity index (χ4n) is 6.22. The number of amides is 2. The molecule has 4 aliphatic rings. The number of esters is 1. The molecule has 0 radical (unpaired) electrons. The highest BCUT2D eigenvalue weighted by atomic mass is 16.5. The third-order valence-corrected chi connectivity index (χ3v) is 7.31. The van der Waals surface area contributed by atoms with Gasteiger partial charge in [-0.2, -0.15) is 0 Å². The molecule has 1 saturated heterocycles. The molecule has 7 nitrogen and oxygen atoms in total. The van der Waals surface area contributed by atoms with Crippen molar-refractivity contribution in [1.29, 1.82) is 0 Å². The van der Waals surface area contributed by atoms with Crippen molar-refractivity contribution in [2.45, 2.75) is 18.3 Å². The van der Waals surface area contributed by atoms with Gasteiger partial charge in [-0.3, -0.25) is 19.2 Å². The summed E-state index contributed by atoms with van der Waals surface area (Å²) in [7, 11) is 0. The van der Waals surface area contributed by atoms with Gasteiger partial charge in [0.1, 0.15) is 11.2 Å². The van der Waals surface area contributed by atoms with Gasteiger partial charge in [-0.1, -0.05) is 48.5 Å². The Hall–Kier alpha value is -4.26. The smallest absolute Gasteiger partial charge is 0.319 e. The van der Waals surface area contributed by atoms with E-state index in [4.69, 9.17) is 4.74 Å². The van der Waals surface area contributed by atoms with Gasteiger partial charge in [0.05, 0.1) is 17.5 Å². The molecule has 7 rings (SSSR count). The van der Waals surface area contributed by atoms with Gasteiger partial charge in [-0.05, 0) is 46.5 Å². The first kappa shape index (κ1) is 20.4. The SMILES string of the molecule is CC(=O)Oc1ccc(N2C(=O)C3C4c5ccccc5C(C(=O)O)(c5ccccc54)C3C2=O)cc1. The number of ether oxygens (including phenoxy) is 1. The third-order valence-electron chi connectivity index (χ3n) is 7.31. The number of nitrogens with zero attached hydrogens (tertiary/aromatic N) is 1. The predicted molar refractivity (Wildman–Crippen MR) is 120 cm³/mol. The van der Waals surface area contributed by atoms with E-state index >= 15 is 0 Å². The number of benzene rings is 3. The van der Waals surface area contributed by atoms with Crippen molar-refractivity contribution in [3.63, 3.8) is 0 Å². The minimum atomic E-state index is -1.66. The number of carbonyl (C=O) groups is 4. The highest BCUT2D eigenvalue weighted by molar-refractivity contribution is 6.25. The molecule has 3 aromatic rings. The lowest BCUT2D eigenvalue weighted by atomic mass is 9.47. The summed E-state index contributed by atoms with van der Waals surface area (Å²) < 4.78 is 5.05. The molecular formula is C27H19NO6. The number of rotatable bonds is 3. The molecule has 34 heavy (non-hydrogen) atoms. The summed E-state index contributed by atoms with van der Waals surface area (Å²) >= 11 is 0. The fraction of sp³-hybridized carbons (Fsp3) is 0.185. The summed E-state index contributed by atoms with van der Waals surface area (Å²) in [4.78, 5) is 53.1. The van der Waals surface area contributed by atoms with Crippen LogP contribution in [0, 0.1) is 11.8 Å². The number of hydrogen-bond donors (Lipinski definition) is 1. The summed E-state index contributed by atoms with van der Waals surface area (Å²) in [5, 5.41) is 10.7. The standard InChI is InChI=1S/C27H19NO6/c1-14(29)34-16-12-10-15(11-13-16)28-24(30)22-21-17-6-2-4-8-19(17)27(26(32)33,23(22)25(28)31)20-9-5-3-7-18(20)21/h2-13,21-23H,1H3,(H,32,33). The van der Waals surface area contributed by atoms with Gasteiger partial charge in [-0.25, -0.2) is 4.90 Å². The first-order chi connectivity index (χ1) is 16.4. The van der Waals surface area contributed by atoms with Crippen molar-refractivity contribution in [1.82, 2.24) is 0 Å². The molecule has 0 spiro atoms. The van der Waals surface area contributed by atoms with E-state index in [0.717, 1.165) is 16.0 Å². The molecule has 2 atom stereocenters. The molecule has 3 aliphatic carbocycles. The quantitative estimate of drug-likeness (QED) is 0.371. The van der Waals surface area contributed by atoms with Crippen LogP contribution < -0.4 is 9.64 Å². The Morgan fingerprint density at radius 3 is 1.94 bits per heavy atom. The Balaban J connectivity index is 1.56. The van der Waals surface area contributed by atoms with E-state index in [1.54, 1.807) is 24.3 Å². The number of imide groups is 1. The summed E-state index contributed by atoms with van der Waals surface area (Å²) in [5.41, 5.74) is 1.34. The van der Waals surface area contributed by atoms with Crippen LogP contribution >= 0.6 is 0 Å². The molecule has 1 N–H and O–H groups in total. The van der Waals surface area contributed by atoms with Crippen LogP contribution in [0.15, 0.2) is 72.8 Å². The van der Waals surface area contributed by atoms with Crippen LogP contribution in [0.1, 0.15) is 35.1 Å². The maximum absolute atomic E-state index is 13.9. The van der Waals surface area contributed by atoms with Gasteiger partial charge in [0.2, 0.25) is 11.8 Å². The topological polar surface area (TPSA) is 101 Å². The van der Waals surface area contributed by atoms with Crippen molar-refractivity contribution in [3.05, 3.63) is 95.1 Å². The molecule has 2 unspecified atom stereocenters. The monoisotopic (exact) mass is 453 g/mol. The second kappa shape index (κ2) is 6.87. The number of aliphatic carboxylic acids is 1. The van der Waals surface area contributed by atoms with Crippen molar-refractivity contribution in [3.8, 4) is 5.75 Å². The lowest BCUT2D eigenvalue weighted by Crippen LogP contribution is -2.57. The molecule has 7 heteroatoms. The number of carboxylic acid groups (broad SMARTS) is 1. The van der Waals surface area contributed by atoms with Gasteiger partial charge >= 0.3 is 11.9 Å². The zero-order valence-corrected chi connectivity index (χ0v) is 18.1. The lowest BCUT2D eigenvalue weighted by Gasteiger charge is -2.51. The second-order valence-corrected chi connectivity index (χ2v) is 8.87. The zero-order valence-electron chi connectivity index (χ0n) is 18.1. The molecule has 2 amide bonds. The Morgan fingerprint density at radius 2 is 1.41 bits per heavy atom. The average molecular weight is 453 g/mol. The summed E-state index contributed by atoms with van der Waals surface area (Å²) in [6, 6.07) is 20.5. The molecule has 1 fully saturated rings. The van der Waals surface area contributed by atoms with E-state index in [9.17, 15) is 24.3 Å². The first-order valence-corrected chi connectivity index (χ1v) is 11.0. The Bertz CT molecular complexity index is 1360. The third kappa shape index (κ3) is 2.36. The number of hydrogen-bond acceptors (Lipinski definition) is 5. The van der Waals surface area contributed by atoms with E-state index in [1.807, 2.05) is 24.3 Å². The van der Waals surface area contributed by atoms with Gasteiger partial charge < -0.3 is 9.84 Å². The second-order valence-electron chi connectivity index (χ2n) is 8.87. The minimum Gasteiger partial charge on any atom is -0.480 e. The molecule has 0 saturated carbocycles. The van der Waals surface area contributed by atoms with E-state index < -0.39 is 46.9 Å². The average Bonchev–Trinajstić information content (AvgIpc) is 3.10. The lowest BCUT2D eigenvalue weighted by molar-refractivity contribution is -0.149. The number of carboxylic acids is 1. The van der Waals surface area contributed by atoms with E-state index in [2.05, 4.69) is 0 Å². The molecule has 168 valence electrons. The van der Waals surface area contributed by atoms with E-state index in [0.29, 0.717) is 16.8 Å². The highest BCUT2D eigenvalue weighted by Gasteiger charge is 2.71.